The Morgan fingerprint density at radius 2 is 2.03 bits per heavy atom. The highest BCUT2D eigenvalue weighted by molar-refractivity contribution is 9.10. The van der Waals surface area contributed by atoms with Crippen LogP contribution in [0.25, 0.3) is 11.3 Å². The predicted molar refractivity (Wildman–Crippen MR) is 150 cm³/mol. The quantitative estimate of drug-likeness (QED) is 0.238. The van der Waals surface area contributed by atoms with Gasteiger partial charge in [-0.25, -0.2) is 4.39 Å². The van der Waals surface area contributed by atoms with Gasteiger partial charge in [0.25, 0.3) is 0 Å². The second-order valence-electron chi connectivity index (χ2n) is 8.72. The number of aryl methyl sites for hydroxylation is 1. The fourth-order valence-electron chi connectivity index (χ4n) is 4.44. The molecule has 0 bridgehead atoms. The van der Waals surface area contributed by atoms with Gasteiger partial charge in [-0.15, -0.1) is 0 Å². The zero-order chi connectivity index (χ0) is 26.1. The van der Waals surface area contributed by atoms with Crippen LogP contribution >= 0.6 is 28.1 Å². The Morgan fingerprint density at radius 3 is 2.73 bits per heavy atom. The summed E-state index contributed by atoms with van der Waals surface area (Å²) in [5.74, 6) is 0.604. The number of halogens is 2. The number of aromatic nitrogens is 1. The smallest absolute Gasteiger partial charge is 0.224 e. The fourth-order valence-corrected chi connectivity index (χ4v) is 5.12. The molecule has 3 heterocycles. The van der Waals surface area contributed by atoms with Crippen LogP contribution in [0, 0.1) is 12.7 Å². The number of carbonyl (C=O) groups excluding carboxylic acids is 1. The highest BCUT2D eigenvalue weighted by Crippen LogP contribution is 2.43. The molecule has 6 nitrogen and oxygen atoms in total. The Balaban J connectivity index is 1.57. The second-order valence-corrected chi connectivity index (χ2v) is 10.0. The van der Waals surface area contributed by atoms with Crippen LogP contribution in [0.1, 0.15) is 42.4 Å². The van der Waals surface area contributed by atoms with Crippen molar-refractivity contribution in [2.45, 2.75) is 32.4 Å². The Bertz CT molecular complexity index is 1480. The van der Waals surface area contributed by atoms with Crippen LogP contribution in [0.4, 0.5) is 15.8 Å². The highest BCUT2D eigenvalue weighted by atomic mass is 79.9. The molecule has 1 aliphatic heterocycles. The van der Waals surface area contributed by atoms with E-state index in [-0.39, 0.29) is 23.8 Å². The highest BCUT2D eigenvalue weighted by Gasteiger charge is 2.42. The molecule has 2 aromatic heterocycles. The number of pyridine rings is 1. The van der Waals surface area contributed by atoms with E-state index in [1.165, 1.54) is 6.07 Å². The summed E-state index contributed by atoms with van der Waals surface area (Å²) in [6.45, 7) is 3.75. The standard InChI is InChI=1S/C28H24BrFN4O2S/c1-3-25(35)32-21-10-8-18(14-16(21)2)34-27(26(33-28(34)37)22-6-4-5-13-31-22)24-12-11-23(36-24)19-9-7-17(29)15-20(19)30/h4-15,26-27H,3H2,1-2H3,(H,32,35)(H,33,37)/t26-,27+/m1/s1. The lowest BCUT2D eigenvalue weighted by atomic mass is 10.0. The minimum Gasteiger partial charge on any atom is -0.459 e. The average Bonchev–Trinajstić information content (AvgIpc) is 3.50. The molecule has 0 radical (unpaired) electrons. The lowest BCUT2D eigenvalue weighted by Crippen LogP contribution is -2.29. The zero-order valence-electron chi connectivity index (χ0n) is 20.2. The first-order valence-corrected chi connectivity index (χ1v) is 13.0. The topological polar surface area (TPSA) is 70.4 Å². The van der Waals surface area contributed by atoms with Crippen LogP contribution in [0.15, 0.2) is 81.8 Å². The molecule has 9 heteroatoms. The van der Waals surface area contributed by atoms with E-state index >= 15 is 0 Å². The minimum atomic E-state index is -0.384. The first-order chi connectivity index (χ1) is 17.9. The number of nitrogens with zero attached hydrogens (tertiary/aromatic N) is 2. The number of thiocarbonyl (C=S) groups is 1. The number of furan rings is 1. The van der Waals surface area contributed by atoms with Crippen LogP contribution in [0.2, 0.25) is 0 Å². The maximum atomic E-state index is 14.7. The molecule has 0 spiro atoms. The van der Waals surface area contributed by atoms with Crippen molar-refractivity contribution in [3.63, 3.8) is 0 Å². The summed E-state index contributed by atoms with van der Waals surface area (Å²) >= 11 is 9.09. The van der Waals surface area contributed by atoms with E-state index in [4.69, 9.17) is 16.6 Å². The van der Waals surface area contributed by atoms with Crippen LogP contribution in [-0.4, -0.2) is 16.0 Å². The average molecular weight is 579 g/mol. The maximum absolute atomic E-state index is 14.7. The number of rotatable bonds is 6. The third kappa shape index (κ3) is 5.01. The summed E-state index contributed by atoms with van der Waals surface area (Å²) in [6, 6.07) is 19.3. The molecule has 0 unspecified atom stereocenters. The largest absolute Gasteiger partial charge is 0.459 e. The Hall–Kier alpha value is -3.56. The third-order valence-corrected chi connectivity index (χ3v) is 7.10. The molecule has 1 fully saturated rings. The number of carbonyl (C=O) groups is 1. The Kier molecular flexibility index (Phi) is 7.08. The number of amides is 1. The SMILES string of the molecule is CCC(=O)Nc1ccc(N2C(=S)N[C@H](c3ccccn3)[C@@H]2c2ccc(-c3ccc(Br)cc3F)o2)cc1C. The Labute approximate surface area is 228 Å². The van der Waals surface area contributed by atoms with Crippen molar-refractivity contribution in [1.82, 2.24) is 10.3 Å². The first-order valence-electron chi connectivity index (χ1n) is 11.8. The molecule has 1 amide bonds. The summed E-state index contributed by atoms with van der Waals surface area (Å²) in [4.78, 5) is 18.5. The van der Waals surface area contributed by atoms with E-state index in [9.17, 15) is 9.18 Å². The van der Waals surface area contributed by atoms with Gasteiger partial charge in [0.05, 0.1) is 17.3 Å². The lowest BCUT2D eigenvalue weighted by molar-refractivity contribution is -0.115. The van der Waals surface area contributed by atoms with Gasteiger partial charge in [-0.2, -0.15) is 0 Å². The number of anilines is 2. The van der Waals surface area contributed by atoms with Crippen LogP contribution in [-0.2, 0) is 4.79 Å². The van der Waals surface area contributed by atoms with Crippen molar-refractivity contribution in [1.29, 1.82) is 0 Å². The molecule has 1 aliphatic rings. The van der Waals surface area contributed by atoms with Crippen LogP contribution in [0.5, 0.6) is 0 Å². The summed E-state index contributed by atoms with van der Waals surface area (Å²) < 4.78 is 21.6. The number of nitrogens with one attached hydrogen (secondary N) is 2. The fraction of sp³-hybridized carbons (Fsp3) is 0.179. The normalized spacial score (nSPS) is 17.1. The predicted octanol–water partition coefficient (Wildman–Crippen LogP) is 7.08. The molecule has 0 aliphatic carbocycles. The van der Waals surface area contributed by atoms with Gasteiger partial charge in [0, 0.05) is 28.5 Å². The summed E-state index contributed by atoms with van der Waals surface area (Å²) in [5, 5.41) is 6.83. The zero-order valence-corrected chi connectivity index (χ0v) is 22.6. The molecule has 37 heavy (non-hydrogen) atoms. The van der Waals surface area contributed by atoms with Crippen molar-refractivity contribution in [2.75, 3.05) is 10.2 Å². The van der Waals surface area contributed by atoms with Crippen molar-refractivity contribution in [3.05, 3.63) is 100 Å². The van der Waals surface area contributed by atoms with Crippen molar-refractivity contribution >= 4 is 50.5 Å². The lowest BCUT2D eigenvalue weighted by Gasteiger charge is -2.26. The van der Waals surface area contributed by atoms with E-state index in [2.05, 4.69) is 31.5 Å². The van der Waals surface area contributed by atoms with Gasteiger partial charge in [0.15, 0.2) is 5.11 Å². The number of benzene rings is 2. The monoisotopic (exact) mass is 578 g/mol. The Morgan fingerprint density at radius 1 is 1.19 bits per heavy atom. The summed E-state index contributed by atoms with van der Waals surface area (Å²) in [6.07, 6.45) is 2.13. The van der Waals surface area contributed by atoms with E-state index in [1.54, 1.807) is 24.4 Å². The molecular formula is C28H24BrFN4O2S. The van der Waals surface area contributed by atoms with Gasteiger partial charge in [-0.1, -0.05) is 28.9 Å². The molecule has 0 saturated carbocycles. The molecule has 1 saturated heterocycles. The van der Waals surface area contributed by atoms with Gasteiger partial charge in [-0.05, 0) is 85.4 Å². The van der Waals surface area contributed by atoms with Gasteiger partial charge < -0.3 is 20.0 Å². The van der Waals surface area contributed by atoms with Crippen LogP contribution < -0.4 is 15.5 Å². The van der Waals surface area contributed by atoms with Crippen LogP contribution in [0.3, 0.4) is 0 Å². The van der Waals surface area contributed by atoms with E-state index < -0.39 is 0 Å². The molecule has 2 aromatic carbocycles. The van der Waals surface area contributed by atoms with Crippen molar-refractivity contribution in [2.24, 2.45) is 0 Å². The van der Waals surface area contributed by atoms with E-state index in [1.807, 2.05) is 61.2 Å². The van der Waals surface area contributed by atoms with Gasteiger partial charge >= 0.3 is 0 Å². The van der Waals surface area contributed by atoms with E-state index in [0.29, 0.717) is 33.1 Å². The second kappa shape index (κ2) is 10.4. The summed E-state index contributed by atoms with van der Waals surface area (Å²) in [7, 11) is 0. The molecule has 5 rings (SSSR count). The van der Waals surface area contributed by atoms with Gasteiger partial charge in [-0.3, -0.25) is 9.78 Å². The minimum absolute atomic E-state index is 0.0504. The molecule has 2 atom stereocenters. The maximum Gasteiger partial charge on any atom is 0.224 e. The number of hydrogen-bond donors (Lipinski definition) is 2. The van der Waals surface area contributed by atoms with Gasteiger partial charge in [0.1, 0.15) is 23.4 Å². The van der Waals surface area contributed by atoms with Crippen molar-refractivity contribution < 1.29 is 13.6 Å². The molecule has 4 aromatic rings. The third-order valence-electron chi connectivity index (χ3n) is 6.30. The summed E-state index contributed by atoms with van der Waals surface area (Å²) in [5.41, 5.74) is 3.65. The molecular weight excluding hydrogens is 555 g/mol. The van der Waals surface area contributed by atoms with E-state index in [0.717, 1.165) is 22.6 Å². The number of hydrogen-bond acceptors (Lipinski definition) is 4. The van der Waals surface area contributed by atoms with Gasteiger partial charge in [0.2, 0.25) is 5.91 Å². The first kappa shape index (κ1) is 25.1. The molecule has 2 N–H and O–H groups in total. The molecule has 188 valence electrons. The van der Waals surface area contributed by atoms with Crippen molar-refractivity contribution in [3.8, 4) is 11.3 Å².